The van der Waals surface area contributed by atoms with Gasteiger partial charge in [-0.3, -0.25) is 4.79 Å². The van der Waals surface area contributed by atoms with Crippen molar-refractivity contribution in [3.8, 4) is 11.8 Å². The first-order valence-corrected chi connectivity index (χ1v) is 10.2. The average Bonchev–Trinajstić information content (AvgIpc) is 3.50. The molecule has 2 aromatic rings. The Bertz CT molecular complexity index is 1050. The lowest BCUT2D eigenvalue weighted by Crippen LogP contribution is -2.45. The molecule has 0 atom stereocenters. The predicted octanol–water partition coefficient (Wildman–Crippen LogP) is 0.437. The summed E-state index contributed by atoms with van der Waals surface area (Å²) >= 11 is 0. The first kappa shape index (κ1) is 21.1. The number of urea groups is 1. The molecule has 160 valence electrons. The standard InChI is InChI=1S/C17H20N6O6S/c1-28-13-9-14(29-2)21-17(20-13)23(30(26,27)22-16(18)25)12-6-4-3-5-11(12)15(24)19-10-7-8-10/h3-6,9-10H,7-8H2,1-2H3,(H,19,24)(H3,18,22,25). The molecule has 1 fully saturated rings. The highest BCUT2D eigenvalue weighted by Gasteiger charge is 2.33. The monoisotopic (exact) mass is 436 g/mol. The van der Waals surface area contributed by atoms with Gasteiger partial charge in [0.15, 0.2) is 0 Å². The predicted molar refractivity (Wildman–Crippen MR) is 106 cm³/mol. The normalized spacial score (nSPS) is 13.3. The number of nitrogens with two attached hydrogens (primary N) is 1. The number of benzene rings is 1. The zero-order chi connectivity index (χ0) is 21.9. The highest BCUT2D eigenvalue weighted by molar-refractivity contribution is 7.91. The number of carbonyl (C=O) groups is 2. The van der Waals surface area contributed by atoms with E-state index in [0.29, 0.717) is 4.31 Å². The Hall–Kier alpha value is -3.61. The summed E-state index contributed by atoms with van der Waals surface area (Å²) in [5, 5.41) is 2.79. The topological polar surface area (TPSA) is 166 Å². The molecule has 3 rings (SSSR count). The van der Waals surface area contributed by atoms with Crippen molar-refractivity contribution >= 4 is 33.8 Å². The van der Waals surface area contributed by atoms with Crippen molar-refractivity contribution in [3.63, 3.8) is 0 Å². The van der Waals surface area contributed by atoms with Crippen molar-refractivity contribution in [2.75, 3.05) is 18.5 Å². The van der Waals surface area contributed by atoms with E-state index in [1.165, 1.54) is 38.5 Å². The second-order valence-electron chi connectivity index (χ2n) is 6.25. The largest absolute Gasteiger partial charge is 0.481 e. The van der Waals surface area contributed by atoms with Crippen LogP contribution in [0, 0.1) is 0 Å². The van der Waals surface area contributed by atoms with Gasteiger partial charge in [-0.1, -0.05) is 12.1 Å². The van der Waals surface area contributed by atoms with Crippen molar-refractivity contribution in [3.05, 3.63) is 35.9 Å². The maximum Gasteiger partial charge on any atom is 0.334 e. The maximum absolute atomic E-state index is 13.0. The van der Waals surface area contributed by atoms with Crippen LogP contribution in [0.4, 0.5) is 16.4 Å². The summed E-state index contributed by atoms with van der Waals surface area (Å²) in [4.78, 5) is 32.1. The second kappa shape index (κ2) is 8.41. The van der Waals surface area contributed by atoms with E-state index in [0.717, 1.165) is 12.8 Å². The van der Waals surface area contributed by atoms with Crippen LogP contribution in [0.2, 0.25) is 0 Å². The molecule has 0 saturated heterocycles. The Balaban J connectivity index is 2.19. The third kappa shape index (κ3) is 4.68. The van der Waals surface area contributed by atoms with E-state index in [1.807, 2.05) is 0 Å². The van der Waals surface area contributed by atoms with Crippen LogP contribution < -0.4 is 29.6 Å². The van der Waals surface area contributed by atoms with Crippen LogP contribution in [0.5, 0.6) is 11.8 Å². The van der Waals surface area contributed by atoms with E-state index in [9.17, 15) is 18.0 Å². The lowest BCUT2D eigenvalue weighted by molar-refractivity contribution is 0.0952. The number of nitrogens with one attached hydrogen (secondary N) is 2. The number of primary amides is 1. The number of amides is 3. The van der Waals surface area contributed by atoms with Gasteiger partial charge in [0.25, 0.3) is 11.9 Å². The number of methoxy groups -OCH3 is 2. The summed E-state index contributed by atoms with van der Waals surface area (Å²) in [5.41, 5.74) is 4.97. The maximum atomic E-state index is 13.0. The Kier molecular flexibility index (Phi) is 5.91. The Labute approximate surface area is 172 Å². The third-order valence-electron chi connectivity index (χ3n) is 4.02. The summed E-state index contributed by atoms with van der Waals surface area (Å²) in [6, 6.07) is 5.95. The van der Waals surface area contributed by atoms with Crippen LogP contribution in [0.25, 0.3) is 0 Å². The van der Waals surface area contributed by atoms with Crippen LogP contribution in [0.15, 0.2) is 30.3 Å². The highest BCUT2D eigenvalue weighted by Crippen LogP contribution is 2.32. The molecule has 0 unspecified atom stereocenters. The molecule has 1 aromatic carbocycles. The van der Waals surface area contributed by atoms with Gasteiger partial charge in [-0.2, -0.15) is 22.7 Å². The van der Waals surface area contributed by atoms with Gasteiger partial charge in [-0.25, -0.2) is 9.52 Å². The molecule has 0 radical (unpaired) electrons. The molecular formula is C17H20N6O6S. The smallest absolute Gasteiger partial charge is 0.334 e. The molecule has 12 nitrogen and oxygen atoms in total. The molecular weight excluding hydrogens is 416 g/mol. The van der Waals surface area contributed by atoms with E-state index in [-0.39, 0.29) is 29.1 Å². The van der Waals surface area contributed by atoms with Gasteiger partial charge in [0.1, 0.15) is 0 Å². The van der Waals surface area contributed by atoms with Gasteiger partial charge < -0.3 is 20.5 Å². The number of aromatic nitrogens is 2. The van der Waals surface area contributed by atoms with E-state index >= 15 is 0 Å². The van der Waals surface area contributed by atoms with Gasteiger partial charge in [0.05, 0.1) is 31.5 Å². The Morgan fingerprint density at radius 3 is 2.27 bits per heavy atom. The number of anilines is 2. The van der Waals surface area contributed by atoms with Crippen LogP contribution in [-0.4, -0.2) is 50.6 Å². The summed E-state index contributed by atoms with van der Waals surface area (Å²) in [7, 11) is -2.01. The molecule has 30 heavy (non-hydrogen) atoms. The number of para-hydroxylation sites is 1. The number of hydrogen-bond donors (Lipinski definition) is 3. The molecule has 0 bridgehead atoms. The third-order valence-corrected chi connectivity index (χ3v) is 5.32. The SMILES string of the molecule is COc1cc(OC)nc(N(c2ccccc2C(=O)NC2CC2)S(=O)(=O)NC(N)=O)n1. The van der Waals surface area contributed by atoms with Crippen molar-refractivity contribution < 1.29 is 27.5 Å². The Morgan fingerprint density at radius 1 is 1.13 bits per heavy atom. The van der Waals surface area contributed by atoms with Gasteiger partial charge >= 0.3 is 16.2 Å². The van der Waals surface area contributed by atoms with Crippen LogP contribution in [0.3, 0.4) is 0 Å². The van der Waals surface area contributed by atoms with E-state index in [4.69, 9.17) is 15.2 Å². The highest BCUT2D eigenvalue weighted by atomic mass is 32.2. The zero-order valence-electron chi connectivity index (χ0n) is 16.2. The summed E-state index contributed by atoms with van der Waals surface area (Å²) < 4.78 is 38.3. The molecule has 1 heterocycles. The summed E-state index contributed by atoms with van der Waals surface area (Å²) in [6.07, 6.45) is 1.69. The van der Waals surface area contributed by atoms with Crippen LogP contribution in [-0.2, 0) is 10.2 Å². The molecule has 3 amide bonds. The minimum atomic E-state index is -4.65. The number of hydrogen-bond acceptors (Lipinski definition) is 8. The number of nitrogens with zero attached hydrogens (tertiary/aromatic N) is 3. The fourth-order valence-corrected chi connectivity index (χ4v) is 3.60. The molecule has 4 N–H and O–H groups in total. The number of carbonyl (C=O) groups excluding carboxylic acids is 2. The van der Waals surface area contributed by atoms with E-state index in [1.54, 1.807) is 10.8 Å². The van der Waals surface area contributed by atoms with Crippen molar-refractivity contribution in [2.45, 2.75) is 18.9 Å². The molecule has 1 aliphatic rings. The average molecular weight is 436 g/mol. The molecule has 0 spiro atoms. The van der Waals surface area contributed by atoms with Crippen molar-refractivity contribution in [1.82, 2.24) is 20.0 Å². The minimum Gasteiger partial charge on any atom is -0.481 e. The Morgan fingerprint density at radius 2 is 1.73 bits per heavy atom. The fraction of sp³-hybridized carbons (Fsp3) is 0.294. The molecule has 1 saturated carbocycles. The van der Waals surface area contributed by atoms with E-state index in [2.05, 4.69) is 15.3 Å². The van der Waals surface area contributed by atoms with E-state index < -0.39 is 28.1 Å². The molecule has 1 aliphatic carbocycles. The van der Waals surface area contributed by atoms with Crippen molar-refractivity contribution in [1.29, 1.82) is 0 Å². The summed E-state index contributed by atoms with van der Waals surface area (Å²) in [5.74, 6) is -0.916. The molecule has 1 aromatic heterocycles. The second-order valence-corrected chi connectivity index (χ2v) is 7.77. The number of ether oxygens (including phenoxy) is 2. The van der Waals surface area contributed by atoms with Crippen molar-refractivity contribution in [2.24, 2.45) is 5.73 Å². The van der Waals surface area contributed by atoms with Gasteiger partial charge in [0.2, 0.25) is 11.8 Å². The van der Waals surface area contributed by atoms with Gasteiger partial charge in [0, 0.05) is 6.04 Å². The summed E-state index contributed by atoms with van der Waals surface area (Å²) in [6.45, 7) is 0. The lowest BCUT2D eigenvalue weighted by Gasteiger charge is -2.24. The van der Waals surface area contributed by atoms with Gasteiger partial charge in [-0.15, -0.1) is 0 Å². The van der Waals surface area contributed by atoms with Gasteiger partial charge in [-0.05, 0) is 25.0 Å². The lowest BCUT2D eigenvalue weighted by atomic mass is 10.1. The molecule has 13 heteroatoms. The minimum absolute atomic E-state index is 0.00367. The molecule has 0 aliphatic heterocycles. The first-order valence-electron chi connectivity index (χ1n) is 8.74. The zero-order valence-corrected chi connectivity index (χ0v) is 17.0. The number of rotatable bonds is 8. The van der Waals surface area contributed by atoms with Crippen LogP contribution >= 0.6 is 0 Å². The first-order chi connectivity index (χ1) is 14.2. The quantitative estimate of drug-likeness (QED) is 0.536. The fourth-order valence-electron chi connectivity index (χ4n) is 2.54. The van der Waals surface area contributed by atoms with Crippen LogP contribution in [0.1, 0.15) is 23.2 Å².